The molecule has 6 heteroatoms. The topological polar surface area (TPSA) is 75.4 Å². The summed E-state index contributed by atoms with van der Waals surface area (Å²) in [6.07, 6.45) is 0.323. The molecule has 0 saturated carbocycles. The van der Waals surface area contributed by atoms with Gasteiger partial charge < -0.3 is 9.84 Å². The summed E-state index contributed by atoms with van der Waals surface area (Å²) in [6.45, 7) is 3.92. The maximum absolute atomic E-state index is 11.9. The first-order valence-electron chi connectivity index (χ1n) is 7.08. The first-order chi connectivity index (χ1) is 10.6. The Balaban J connectivity index is 1.83. The van der Waals surface area contributed by atoms with E-state index >= 15 is 0 Å². The number of hydrogen-bond acceptors (Lipinski definition) is 4. The second-order valence-corrected chi connectivity index (χ2v) is 4.98. The second-order valence-electron chi connectivity index (χ2n) is 4.98. The van der Waals surface area contributed by atoms with Crippen molar-refractivity contribution in [1.29, 1.82) is 0 Å². The quantitative estimate of drug-likeness (QED) is 0.881. The summed E-state index contributed by atoms with van der Waals surface area (Å²) in [6, 6.07) is 11.2. The molecule has 0 aliphatic rings. The molecule has 22 heavy (non-hydrogen) atoms. The van der Waals surface area contributed by atoms with Crippen LogP contribution in [0.15, 0.2) is 40.9 Å². The van der Waals surface area contributed by atoms with Gasteiger partial charge in [-0.25, -0.2) is 0 Å². The average molecular weight is 301 g/mol. The zero-order chi connectivity index (χ0) is 15.9. The van der Waals surface area contributed by atoms with Crippen molar-refractivity contribution < 1.29 is 14.1 Å². The number of aromatic nitrogens is 1. The Morgan fingerprint density at radius 2 is 2.00 bits per heavy atom. The van der Waals surface area contributed by atoms with Gasteiger partial charge >= 0.3 is 0 Å². The van der Waals surface area contributed by atoms with Crippen LogP contribution in [0.2, 0.25) is 0 Å². The van der Waals surface area contributed by atoms with E-state index in [0.717, 1.165) is 5.56 Å². The molecule has 0 fully saturated rings. The van der Waals surface area contributed by atoms with Crippen LogP contribution in [0, 0.1) is 6.92 Å². The summed E-state index contributed by atoms with van der Waals surface area (Å²) in [5.74, 6) is 0.869. The normalized spacial score (nSPS) is 10.3. The minimum absolute atomic E-state index is 0.0777. The molecule has 1 aromatic carbocycles. The van der Waals surface area contributed by atoms with Crippen LogP contribution in [0.3, 0.4) is 0 Å². The maximum Gasteiger partial charge on any atom is 0.225 e. The number of anilines is 1. The molecule has 0 aliphatic carbocycles. The molecule has 0 unspecified atom stereocenters. The molecule has 0 bridgehead atoms. The number of nitrogens with zero attached hydrogens (tertiary/aromatic N) is 2. The fourth-order valence-corrected chi connectivity index (χ4v) is 2.06. The standard InChI is InChI=1S/C16H19N3O3/c1-12-10-15(18-22-12)19(13(2)20)9-8-17-16(21)11-14-6-4-3-5-7-14/h3-7,10H,8-9,11H2,1-2H3,(H,17,21). The van der Waals surface area contributed by atoms with Gasteiger partial charge in [0.25, 0.3) is 0 Å². The molecule has 116 valence electrons. The van der Waals surface area contributed by atoms with E-state index in [4.69, 9.17) is 4.52 Å². The number of amides is 2. The van der Waals surface area contributed by atoms with E-state index < -0.39 is 0 Å². The van der Waals surface area contributed by atoms with Gasteiger partial charge in [-0.15, -0.1) is 0 Å². The van der Waals surface area contributed by atoms with Gasteiger partial charge in [0.2, 0.25) is 11.8 Å². The highest BCUT2D eigenvalue weighted by Gasteiger charge is 2.15. The van der Waals surface area contributed by atoms with Crippen LogP contribution in [-0.2, 0) is 16.0 Å². The van der Waals surface area contributed by atoms with E-state index in [2.05, 4.69) is 10.5 Å². The Hall–Kier alpha value is -2.63. The van der Waals surface area contributed by atoms with Crippen LogP contribution in [0.25, 0.3) is 0 Å². The molecule has 1 N–H and O–H groups in total. The highest BCUT2D eigenvalue weighted by Crippen LogP contribution is 2.13. The van der Waals surface area contributed by atoms with Gasteiger partial charge in [0.05, 0.1) is 6.42 Å². The molecule has 0 saturated heterocycles. The van der Waals surface area contributed by atoms with E-state index in [0.29, 0.717) is 31.1 Å². The van der Waals surface area contributed by atoms with Gasteiger partial charge in [-0.3, -0.25) is 14.5 Å². The molecule has 0 aliphatic heterocycles. The minimum Gasteiger partial charge on any atom is -0.360 e. The molecule has 6 nitrogen and oxygen atoms in total. The van der Waals surface area contributed by atoms with Crippen LogP contribution in [0.4, 0.5) is 5.82 Å². The third-order valence-electron chi connectivity index (χ3n) is 3.14. The molecule has 0 radical (unpaired) electrons. The lowest BCUT2D eigenvalue weighted by atomic mass is 10.1. The van der Waals surface area contributed by atoms with Crippen LogP contribution >= 0.6 is 0 Å². The zero-order valence-corrected chi connectivity index (χ0v) is 12.7. The summed E-state index contributed by atoms with van der Waals surface area (Å²) in [4.78, 5) is 25.0. The summed E-state index contributed by atoms with van der Waals surface area (Å²) < 4.78 is 4.97. The van der Waals surface area contributed by atoms with Crippen molar-refractivity contribution >= 4 is 17.6 Å². The van der Waals surface area contributed by atoms with Crippen molar-refractivity contribution in [1.82, 2.24) is 10.5 Å². The smallest absolute Gasteiger partial charge is 0.225 e. The molecule has 0 spiro atoms. The SMILES string of the molecule is CC(=O)N(CCNC(=O)Cc1ccccc1)c1cc(C)on1. The molecule has 2 aromatic rings. The largest absolute Gasteiger partial charge is 0.360 e. The number of carbonyl (C=O) groups excluding carboxylic acids is 2. The number of benzene rings is 1. The number of carbonyl (C=O) groups is 2. The Kier molecular flexibility index (Phi) is 5.30. The Bertz CT molecular complexity index is 637. The van der Waals surface area contributed by atoms with Crippen molar-refractivity contribution in [3.8, 4) is 0 Å². The molecular weight excluding hydrogens is 282 g/mol. The highest BCUT2D eigenvalue weighted by molar-refractivity contribution is 5.90. The van der Waals surface area contributed by atoms with Gasteiger partial charge in [-0.05, 0) is 12.5 Å². The molecule has 2 rings (SSSR count). The van der Waals surface area contributed by atoms with E-state index in [1.54, 1.807) is 13.0 Å². The number of aryl methyl sites for hydroxylation is 1. The predicted octanol–water partition coefficient (Wildman–Crippen LogP) is 1.69. The highest BCUT2D eigenvalue weighted by atomic mass is 16.5. The summed E-state index contributed by atoms with van der Waals surface area (Å²) >= 11 is 0. The summed E-state index contributed by atoms with van der Waals surface area (Å²) in [7, 11) is 0. The minimum atomic E-state index is -0.148. The fraction of sp³-hybridized carbons (Fsp3) is 0.312. The lowest BCUT2D eigenvalue weighted by Crippen LogP contribution is -2.38. The van der Waals surface area contributed by atoms with Gasteiger partial charge in [0.15, 0.2) is 5.82 Å². The second kappa shape index (κ2) is 7.40. The van der Waals surface area contributed by atoms with Crippen molar-refractivity contribution in [2.24, 2.45) is 0 Å². The lowest BCUT2D eigenvalue weighted by molar-refractivity contribution is -0.121. The van der Waals surface area contributed by atoms with Crippen molar-refractivity contribution in [2.45, 2.75) is 20.3 Å². The van der Waals surface area contributed by atoms with Crippen LogP contribution in [0.1, 0.15) is 18.2 Å². The monoisotopic (exact) mass is 301 g/mol. The van der Waals surface area contributed by atoms with E-state index in [9.17, 15) is 9.59 Å². The van der Waals surface area contributed by atoms with E-state index in [1.165, 1.54) is 11.8 Å². The predicted molar refractivity (Wildman–Crippen MR) is 82.4 cm³/mol. The summed E-state index contributed by atoms with van der Waals surface area (Å²) in [5, 5.41) is 6.62. The van der Waals surface area contributed by atoms with Crippen molar-refractivity contribution in [2.75, 3.05) is 18.0 Å². The van der Waals surface area contributed by atoms with Gasteiger partial charge in [0.1, 0.15) is 5.76 Å². The van der Waals surface area contributed by atoms with Crippen LogP contribution < -0.4 is 10.2 Å². The number of rotatable bonds is 6. The Morgan fingerprint density at radius 1 is 1.27 bits per heavy atom. The van der Waals surface area contributed by atoms with Crippen LogP contribution in [-0.4, -0.2) is 30.1 Å². The van der Waals surface area contributed by atoms with E-state index in [1.807, 2.05) is 30.3 Å². The van der Waals surface area contributed by atoms with Crippen LogP contribution in [0.5, 0.6) is 0 Å². The third kappa shape index (κ3) is 4.44. The van der Waals surface area contributed by atoms with Gasteiger partial charge in [-0.1, -0.05) is 35.5 Å². The maximum atomic E-state index is 11.9. The lowest BCUT2D eigenvalue weighted by Gasteiger charge is -2.17. The van der Waals surface area contributed by atoms with E-state index in [-0.39, 0.29) is 11.8 Å². The molecule has 1 aromatic heterocycles. The Morgan fingerprint density at radius 3 is 2.59 bits per heavy atom. The third-order valence-corrected chi connectivity index (χ3v) is 3.14. The fourth-order valence-electron chi connectivity index (χ4n) is 2.06. The summed E-state index contributed by atoms with van der Waals surface area (Å²) in [5.41, 5.74) is 0.954. The van der Waals surface area contributed by atoms with Gasteiger partial charge in [-0.2, -0.15) is 0 Å². The van der Waals surface area contributed by atoms with Crippen molar-refractivity contribution in [3.63, 3.8) is 0 Å². The number of hydrogen-bond donors (Lipinski definition) is 1. The van der Waals surface area contributed by atoms with Crippen molar-refractivity contribution in [3.05, 3.63) is 47.7 Å². The van der Waals surface area contributed by atoms with Gasteiger partial charge in [0, 0.05) is 26.1 Å². The average Bonchev–Trinajstić information content (AvgIpc) is 2.90. The molecule has 1 heterocycles. The first kappa shape index (κ1) is 15.8. The molecule has 2 amide bonds. The molecular formula is C16H19N3O3. The molecule has 0 atom stereocenters. The number of nitrogens with one attached hydrogen (secondary N) is 1. The zero-order valence-electron chi connectivity index (χ0n) is 12.7. The first-order valence-corrected chi connectivity index (χ1v) is 7.08. The Labute approximate surface area is 129 Å².